The van der Waals surface area contributed by atoms with Gasteiger partial charge in [-0.15, -0.1) is 0 Å². The molecule has 0 aliphatic carbocycles. The fraction of sp³-hybridized carbons (Fsp3) is 0.941. The van der Waals surface area contributed by atoms with E-state index in [4.69, 9.17) is 9.47 Å². The van der Waals surface area contributed by atoms with Crippen molar-refractivity contribution in [3.05, 3.63) is 0 Å². The van der Waals surface area contributed by atoms with Crippen LogP contribution in [0.5, 0.6) is 0 Å². The highest BCUT2D eigenvalue weighted by molar-refractivity contribution is 5.68. The molecule has 0 radical (unpaired) electrons. The summed E-state index contributed by atoms with van der Waals surface area (Å²) in [5.41, 5.74) is -0.407. The molecule has 5 heteroatoms. The van der Waals surface area contributed by atoms with Gasteiger partial charge in [-0.05, 0) is 58.4 Å². The second kappa shape index (κ2) is 7.64. The quantitative estimate of drug-likeness (QED) is 0.800. The van der Waals surface area contributed by atoms with E-state index in [1.54, 1.807) is 7.11 Å². The van der Waals surface area contributed by atoms with Gasteiger partial charge in [0.1, 0.15) is 5.60 Å². The average Bonchev–Trinajstić information content (AvgIpc) is 2.86. The lowest BCUT2D eigenvalue weighted by Gasteiger charge is -2.34. The number of ether oxygens (including phenoxy) is 2. The van der Waals surface area contributed by atoms with Crippen molar-refractivity contribution in [2.75, 3.05) is 46.4 Å². The Balaban J connectivity index is 1.75. The Morgan fingerprint density at radius 3 is 2.59 bits per heavy atom. The van der Waals surface area contributed by atoms with E-state index < -0.39 is 5.60 Å². The molecule has 2 aliphatic rings. The largest absolute Gasteiger partial charge is 0.444 e. The first kappa shape index (κ1) is 17.5. The number of hydrogen-bond acceptors (Lipinski definition) is 4. The van der Waals surface area contributed by atoms with Gasteiger partial charge in [-0.1, -0.05) is 0 Å². The van der Waals surface area contributed by atoms with E-state index in [1.165, 1.54) is 19.4 Å². The molecule has 22 heavy (non-hydrogen) atoms. The Bertz CT molecular complexity index is 365. The minimum Gasteiger partial charge on any atom is -0.444 e. The number of hydrogen-bond donors (Lipinski definition) is 0. The Hall–Kier alpha value is -0.810. The van der Waals surface area contributed by atoms with Crippen LogP contribution in [0.25, 0.3) is 0 Å². The summed E-state index contributed by atoms with van der Waals surface area (Å²) in [6.07, 6.45) is 3.46. The number of likely N-dealkylation sites (tertiary alicyclic amines) is 2. The van der Waals surface area contributed by atoms with Gasteiger partial charge in [0.2, 0.25) is 0 Å². The first-order valence-electron chi connectivity index (χ1n) is 8.56. The molecule has 0 unspecified atom stereocenters. The minimum atomic E-state index is -0.407. The molecule has 0 aromatic heterocycles. The smallest absolute Gasteiger partial charge is 0.410 e. The zero-order valence-electron chi connectivity index (χ0n) is 14.6. The van der Waals surface area contributed by atoms with Gasteiger partial charge >= 0.3 is 6.09 Å². The van der Waals surface area contributed by atoms with Crippen LogP contribution in [0, 0.1) is 11.8 Å². The summed E-state index contributed by atoms with van der Waals surface area (Å²) in [7, 11) is 1.79. The molecule has 1 amide bonds. The fourth-order valence-corrected chi connectivity index (χ4v) is 3.53. The third kappa shape index (κ3) is 5.43. The summed E-state index contributed by atoms with van der Waals surface area (Å²) in [4.78, 5) is 16.5. The molecule has 0 saturated carbocycles. The van der Waals surface area contributed by atoms with Crippen LogP contribution in [0.3, 0.4) is 0 Å². The van der Waals surface area contributed by atoms with Gasteiger partial charge in [-0.2, -0.15) is 0 Å². The Labute approximate surface area is 134 Å². The molecule has 2 fully saturated rings. The normalized spacial score (nSPS) is 27.2. The Kier molecular flexibility index (Phi) is 6.09. The molecule has 128 valence electrons. The molecular weight excluding hydrogens is 280 g/mol. The monoisotopic (exact) mass is 312 g/mol. The highest BCUT2D eigenvalue weighted by atomic mass is 16.6. The average molecular weight is 312 g/mol. The molecule has 2 atom stereocenters. The highest BCUT2D eigenvalue weighted by Crippen LogP contribution is 2.23. The molecule has 0 spiro atoms. The van der Waals surface area contributed by atoms with Crippen molar-refractivity contribution in [2.45, 2.75) is 45.6 Å². The zero-order chi connectivity index (χ0) is 16.2. The SMILES string of the molecule is COC[C@H]1CCCN(C[C@@H]2CCN(C(=O)OC(C)(C)C)C2)C1. The summed E-state index contributed by atoms with van der Waals surface area (Å²) in [5, 5.41) is 0. The Morgan fingerprint density at radius 2 is 1.91 bits per heavy atom. The van der Waals surface area contributed by atoms with Crippen molar-refractivity contribution < 1.29 is 14.3 Å². The fourth-order valence-electron chi connectivity index (χ4n) is 3.53. The predicted molar refractivity (Wildman–Crippen MR) is 87.0 cm³/mol. The van der Waals surface area contributed by atoms with E-state index in [-0.39, 0.29) is 6.09 Å². The summed E-state index contributed by atoms with van der Waals surface area (Å²) < 4.78 is 10.8. The Morgan fingerprint density at radius 1 is 1.14 bits per heavy atom. The molecule has 2 rings (SSSR count). The van der Waals surface area contributed by atoms with Crippen molar-refractivity contribution in [3.63, 3.8) is 0 Å². The zero-order valence-corrected chi connectivity index (χ0v) is 14.6. The van der Waals surface area contributed by atoms with Crippen LogP contribution in [0.2, 0.25) is 0 Å². The maximum Gasteiger partial charge on any atom is 0.410 e. The van der Waals surface area contributed by atoms with Crippen LogP contribution >= 0.6 is 0 Å². The van der Waals surface area contributed by atoms with Crippen molar-refractivity contribution in [1.82, 2.24) is 9.80 Å². The van der Waals surface area contributed by atoms with Gasteiger partial charge in [0, 0.05) is 33.3 Å². The first-order valence-corrected chi connectivity index (χ1v) is 8.56. The summed E-state index contributed by atoms with van der Waals surface area (Å²) >= 11 is 0. The van der Waals surface area contributed by atoms with E-state index in [0.29, 0.717) is 11.8 Å². The lowest BCUT2D eigenvalue weighted by atomic mass is 9.97. The molecule has 0 aromatic rings. The van der Waals surface area contributed by atoms with Crippen LogP contribution in [0.15, 0.2) is 0 Å². The van der Waals surface area contributed by atoms with Gasteiger partial charge in [0.25, 0.3) is 0 Å². The molecule has 2 aliphatic heterocycles. The van der Waals surface area contributed by atoms with Gasteiger partial charge in [0.15, 0.2) is 0 Å². The highest BCUT2D eigenvalue weighted by Gasteiger charge is 2.31. The summed E-state index contributed by atoms with van der Waals surface area (Å²) in [5.74, 6) is 1.25. The number of nitrogens with zero attached hydrogens (tertiary/aromatic N) is 2. The molecule has 2 saturated heterocycles. The molecule has 5 nitrogen and oxygen atoms in total. The molecular formula is C17H32N2O3. The lowest BCUT2D eigenvalue weighted by molar-refractivity contribution is 0.0281. The van der Waals surface area contributed by atoms with E-state index in [2.05, 4.69) is 4.90 Å². The molecule has 0 aromatic carbocycles. The summed E-state index contributed by atoms with van der Waals surface area (Å²) in [6.45, 7) is 11.7. The minimum absolute atomic E-state index is 0.161. The molecule has 0 bridgehead atoms. The van der Waals surface area contributed by atoms with Gasteiger partial charge in [-0.25, -0.2) is 4.79 Å². The number of piperidine rings is 1. The molecule has 2 heterocycles. The van der Waals surface area contributed by atoms with Gasteiger partial charge in [-0.3, -0.25) is 0 Å². The third-order valence-corrected chi connectivity index (χ3v) is 4.46. The maximum absolute atomic E-state index is 12.1. The number of carbonyl (C=O) groups is 1. The van der Waals surface area contributed by atoms with Crippen molar-refractivity contribution in [3.8, 4) is 0 Å². The number of amides is 1. The topological polar surface area (TPSA) is 42.0 Å². The van der Waals surface area contributed by atoms with Crippen LogP contribution in [0.4, 0.5) is 4.79 Å². The van der Waals surface area contributed by atoms with Crippen LogP contribution in [-0.4, -0.2) is 67.9 Å². The number of carbonyl (C=O) groups excluding carboxylic acids is 1. The summed E-state index contributed by atoms with van der Waals surface area (Å²) in [6, 6.07) is 0. The predicted octanol–water partition coefficient (Wildman–Crippen LogP) is 2.60. The van der Waals surface area contributed by atoms with Crippen LogP contribution in [-0.2, 0) is 9.47 Å². The second-order valence-electron chi connectivity index (χ2n) is 7.80. The standard InChI is InChI=1S/C17H32N2O3/c1-17(2,3)22-16(20)19-9-7-14(12-19)10-18-8-5-6-15(11-18)13-21-4/h14-15H,5-13H2,1-4H3/t14-,15-/m0/s1. The van der Waals surface area contributed by atoms with Crippen LogP contribution < -0.4 is 0 Å². The van der Waals surface area contributed by atoms with E-state index in [9.17, 15) is 4.79 Å². The molecule has 0 N–H and O–H groups in total. The number of rotatable bonds is 4. The second-order valence-corrected chi connectivity index (χ2v) is 7.80. The number of methoxy groups -OCH3 is 1. The van der Waals surface area contributed by atoms with E-state index >= 15 is 0 Å². The lowest BCUT2D eigenvalue weighted by Crippen LogP contribution is -2.41. The maximum atomic E-state index is 12.1. The van der Waals surface area contributed by atoms with Gasteiger partial charge in [0.05, 0.1) is 6.61 Å². The van der Waals surface area contributed by atoms with Gasteiger partial charge < -0.3 is 19.3 Å². The van der Waals surface area contributed by atoms with Crippen molar-refractivity contribution in [2.24, 2.45) is 11.8 Å². The van der Waals surface area contributed by atoms with E-state index in [1.807, 2.05) is 25.7 Å². The van der Waals surface area contributed by atoms with E-state index in [0.717, 1.165) is 39.2 Å². The van der Waals surface area contributed by atoms with Crippen molar-refractivity contribution in [1.29, 1.82) is 0 Å². The third-order valence-electron chi connectivity index (χ3n) is 4.46. The van der Waals surface area contributed by atoms with Crippen LogP contribution in [0.1, 0.15) is 40.0 Å². The van der Waals surface area contributed by atoms with Crippen molar-refractivity contribution >= 4 is 6.09 Å². The first-order chi connectivity index (χ1) is 10.4.